The van der Waals surface area contributed by atoms with E-state index in [0.717, 1.165) is 27.3 Å². The molecule has 2 aliphatic rings. The lowest BCUT2D eigenvalue weighted by Crippen LogP contribution is -2.34. The monoisotopic (exact) mass is 410 g/mol. The third kappa shape index (κ3) is 3.25. The van der Waals surface area contributed by atoms with Crippen molar-refractivity contribution in [2.24, 2.45) is 4.99 Å². The lowest BCUT2D eigenvalue weighted by atomic mass is 9.90. The Hall–Kier alpha value is -2.93. The number of hydrogen-bond donors (Lipinski definition) is 0. The zero-order valence-corrected chi connectivity index (χ0v) is 17.6. The highest BCUT2D eigenvalue weighted by atomic mass is 32.2. The van der Waals surface area contributed by atoms with Gasteiger partial charge in [0.1, 0.15) is 11.5 Å². The van der Waals surface area contributed by atoms with Crippen molar-refractivity contribution in [3.8, 4) is 11.5 Å². The van der Waals surface area contributed by atoms with E-state index in [1.807, 2.05) is 53.8 Å². The largest absolute Gasteiger partial charge is 0.497 e. The van der Waals surface area contributed by atoms with E-state index in [9.17, 15) is 4.79 Å². The summed E-state index contributed by atoms with van der Waals surface area (Å²) < 4.78 is 16.6. The number of amidine groups is 1. The van der Waals surface area contributed by atoms with Gasteiger partial charge < -0.3 is 19.1 Å². The third-order valence-corrected chi connectivity index (χ3v) is 5.81. The molecule has 0 spiro atoms. The van der Waals surface area contributed by atoms with Crippen LogP contribution < -0.4 is 9.47 Å². The zero-order valence-electron chi connectivity index (χ0n) is 16.8. The van der Waals surface area contributed by atoms with Crippen molar-refractivity contribution < 1.29 is 19.0 Å². The number of rotatable bonds is 5. The minimum atomic E-state index is -0.418. The van der Waals surface area contributed by atoms with E-state index in [-0.39, 0.29) is 5.97 Å². The Bertz CT molecular complexity index is 1070. The van der Waals surface area contributed by atoms with E-state index in [2.05, 4.69) is 4.99 Å². The molecule has 0 amide bonds. The van der Waals surface area contributed by atoms with Crippen LogP contribution in [0.15, 0.2) is 58.2 Å². The quantitative estimate of drug-likeness (QED) is 0.670. The first kappa shape index (κ1) is 19.4. The summed E-state index contributed by atoms with van der Waals surface area (Å²) in [6.07, 6.45) is 1.94. The summed E-state index contributed by atoms with van der Waals surface area (Å²) >= 11 is 1.53. The van der Waals surface area contributed by atoms with Crippen LogP contribution in [0.1, 0.15) is 25.5 Å². The van der Waals surface area contributed by atoms with Crippen LogP contribution in [-0.4, -0.2) is 36.9 Å². The van der Waals surface area contributed by atoms with Crippen LogP contribution in [0.3, 0.4) is 0 Å². The van der Waals surface area contributed by atoms with Crippen LogP contribution in [0.2, 0.25) is 0 Å². The fourth-order valence-corrected chi connectivity index (χ4v) is 4.53. The Kier molecular flexibility index (Phi) is 5.24. The molecule has 0 saturated heterocycles. The number of hydrogen-bond acceptors (Lipinski definition) is 7. The molecule has 0 aliphatic carbocycles. The molecular formula is C22H22N2O4S. The predicted octanol–water partition coefficient (Wildman–Crippen LogP) is 4.62. The fourth-order valence-electron chi connectivity index (χ4n) is 3.74. The Morgan fingerprint density at radius 3 is 2.72 bits per heavy atom. The second-order valence-corrected chi connectivity index (χ2v) is 7.47. The molecule has 0 saturated carbocycles. The number of allylic oxidation sites excluding steroid dienone is 1. The van der Waals surface area contributed by atoms with Gasteiger partial charge in [-0.1, -0.05) is 23.9 Å². The minimum Gasteiger partial charge on any atom is -0.497 e. The molecule has 150 valence electrons. The maximum absolute atomic E-state index is 13.0. The van der Waals surface area contributed by atoms with Gasteiger partial charge in [-0.05, 0) is 48.2 Å². The first-order valence-electron chi connectivity index (χ1n) is 9.32. The number of nitrogens with zero attached hydrogens (tertiary/aromatic N) is 2. The van der Waals surface area contributed by atoms with E-state index < -0.39 is 6.04 Å². The molecule has 2 aromatic rings. The van der Waals surface area contributed by atoms with Gasteiger partial charge >= 0.3 is 5.97 Å². The van der Waals surface area contributed by atoms with Gasteiger partial charge in [-0.25, -0.2) is 9.79 Å². The van der Waals surface area contributed by atoms with Gasteiger partial charge in [0.05, 0.1) is 38.1 Å². The molecule has 0 N–H and O–H groups in total. The van der Waals surface area contributed by atoms with E-state index in [4.69, 9.17) is 14.2 Å². The van der Waals surface area contributed by atoms with Crippen molar-refractivity contribution >= 4 is 33.7 Å². The molecular weight excluding hydrogens is 388 g/mol. The fraction of sp³-hybridized carbons (Fsp3) is 0.273. The molecule has 2 aliphatic heterocycles. The molecule has 29 heavy (non-hydrogen) atoms. The molecule has 4 rings (SSSR count). The zero-order chi connectivity index (χ0) is 20.5. The van der Waals surface area contributed by atoms with Crippen molar-refractivity contribution in [3.63, 3.8) is 0 Å². The predicted molar refractivity (Wildman–Crippen MR) is 115 cm³/mol. The average molecular weight is 410 g/mol. The molecule has 2 heterocycles. The third-order valence-electron chi connectivity index (χ3n) is 5.04. The van der Waals surface area contributed by atoms with E-state index in [1.165, 1.54) is 11.8 Å². The molecule has 0 aromatic heterocycles. The highest BCUT2D eigenvalue weighted by Crippen LogP contribution is 2.46. The normalized spacial score (nSPS) is 18.0. The summed E-state index contributed by atoms with van der Waals surface area (Å²) in [7, 11) is 3.28. The second kappa shape index (κ2) is 7.83. The SMILES string of the molecule is CCOC(=O)C1=C(C)N=C2SC=CN2[C@@H]1c1c(OC)ccc2ccc(OC)cc12. The van der Waals surface area contributed by atoms with Gasteiger partial charge in [-0.15, -0.1) is 0 Å². The number of fused-ring (bicyclic) bond motifs is 2. The lowest BCUT2D eigenvalue weighted by Gasteiger charge is -2.34. The van der Waals surface area contributed by atoms with Crippen molar-refractivity contribution in [2.75, 3.05) is 20.8 Å². The Labute approximate surface area is 173 Å². The Morgan fingerprint density at radius 2 is 2.00 bits per heavy atom. The minimum absolute atomic E-state index is 0.296. The standard InChI is InChI=1S/C22H22N2O4S/c1-5-28-21(25)18-13(2)23-22-24(10-11-29-22)20(18)19-16-12-15(26-3)8-6-14(16)7-9-17(19)27-4/h6-12,20H,5H2,1-4H3/t20-/m0/s1. The summed E-state index contributed by atoms with van der Waals surface area (Å²) in [5.74, 6) is 1.06. The Balaban J connectivity index is 2.02. The summed E-state index contributed by atoms with van der Waals surface area (Å²) in [6.45, 7) is 3.94. The first-order chi connectivity index (χ1) is 14.1. The number of ether oxygens (including phenoxy) is 3. The highest BCUT2D eigenvalue weighted by molar-refractivity contribution is 8.16. The van der Waals surface area contributed by atoms with Gasteiger partial charge in [0.15, 0.2) is 5.17 Å². The second-order valence-electron chi connectivity index (χ2n) is 6.60. The van der Waals surface area contributed by atoms with Crippen LogP contribution in [0, 0.1) is 0 Å². The first-order valence-corrected chi connectivity index (χ1v) is 10.2. The molecule has 0 radical (unpaired) electrons. The topological polar surface area (TPSA) is 60.4 Å². The number of benzene rings is 2. The summed E-state index contributed by atoms with van der Waals surface area (Å²) in [5.41, 5.74) is 2.04. The number of thioether (sulfide) groups is 1. The smallest absolute Gasteiger partial charge is 0.338 e. The van der Waals surface area contributed by atoms with E-state index in [0.29, 0.717) is 23.6 Å². The van der Waals surface area contributed by atoms with Crippen molar-refractivity contribution in [3.05, 3.63) is 58.8 Å². The number of aliphatic imine (C=N–C) groups is 1. The maximum atomic E-state index is 13.0. The highest BCUT2D eigenvalue weighted by Gasteiger charge is 2.39. The van der Waals surface area contributed by atoms with Crippen molar-refractivity contribution in [1.82, 2.24) is 4.90 Å². The molecule has 0 fully saturated rings. The molecule has 6 nitrogen and oxygen atoms in total. The van der Waals surface area contributed by atoms with E-state index in [1.54, 1.807) is 21.1 Å². The van der Waals surface area contributed by atoms with Crippen LogP contribution in [-0.2, 0) is 9.53 Å². The van der Waals surface area contributed by atoms with Gasteiger partial charge in [0, 0.05) is 11.8 Å². The van der Waals surface area contributed by atoms with Gasteiger partial charge in [0.2, 0.25) is 0 Å². The van der Waals surface area contributed by atoms with E-state index >= 15 is 0 Å². The van der Waals surface area contributed by atoms with Gasteiger partial charge in [-0.3, -0.25) is 0 Å². The van der Waals surface area contributed by atoms with Crippen LogP contribution >= 0.6 is 11.8 Å². The number of carbonyl (C=O) groups excluding carboxylic acids is 1. The number of carbonyl (C=O) groups is 1. The van der Waals surface area contributed by atoms with Crippen LogP contribution in [0.5, 0.6) is 11.5 Å². The molecule has 1 atom stereocenters. The summed E-state index contributed by atoms with van der Waals surface area (Å²) in [6, 6.07) is 9.42. The average Bonchev–Trinajstić information content (AvgIpc) is 3.19. The van der Waals surface area contributed by atoms with Gasteiger partial charge in [-0.2, -0.15) is 0 Å². The molecule has 2 aromatic carbocycles. The molecule has 7 heteroatoms. The maximum Gasteiger partial charge on any atom is 0.338 e. The van der Waals surface area contributed by atoms with Crippen LogP contribution in [0.25, 0.3) is 10.8 Å². The summed E-state index contributed by atoms with van der Waals surface area (Å²) in [4.78, 5) is 19.6. The lowest BCUT2D eigenvalue weighted by molar-refractivity contribution is -0.139. The van der Waals surface area contributed by atoms with Crippen molar-refractivity contribution in [1.29, 1.82) is 0 Å². The van der Waals surface area contributed by atoms with Gasteiger partial charge in [0.25, 0.3) is 0 Å². The van der Waals surface area contributed by atoms with Crippen LogP contribution in [0.4, 0.5) is 0 Å². The molecule has 0 bridgehead atoms. The molecule has 0 unspecified atom stereocenters. The Morgan fingerprint density at radius 1 is 1.21 bits per heavy atom. The number of esters is 1. The summed E-state index contributed by atoms with van der Waals surface area (Å²) in [5, 5.41) is 4.77. The number of methoxy groups -OCH3 is 2. The van der Waals surface area contributed by atoms with Crippen molar-refractivity contribution in [2.45, 2.75) is 19.9 Å².